The summed E-state index contributed by atoms with van der Waals surface area (Å²) in [4.78, 5) is 37.5. The second-order valence-electron chi connectivity index (χ2n) is 11.9. The third kappa shape index (κ3) is 3.74. The van der Waals surface area contributed by atoms with Gasteiger partial charge in [0.2, 0.25) is 5.78 Å². The molecule has 3 saturated carbocycles. The zero-order valence-electron chi connectivity index (χ0n) is 21.6. The predicted octanol–water partition coefficient (Wildman–Crippen LogP) is 2.97. The summed E-state index contributed by atoms with van der Waals surface area (Å²) in [6.45, 7) is 5.29. The third-order valence-corrected chi connectivity index (χ3v) is 10.1. The van der Waals surface area contributed by atoms with Gasteiger partial charge < -0.3 is 20.7 Å². The molecule has 0 spiro atoms. The molecule has 0 amide bonds. The van der Waals surface area contributed by atoms with Gasteiger partial charge in [0.05, 0.1) is 6.10 Å². The number of rotatable bonds is 8. The monoisotopic (exact) mass is 505 g/mol. The van der Waals surface area contributed by atoms with Crippen LogP contribution in [0.2, 0.25) is 0 Å². The number of alkyl halides is 1. The molecule has 0 saturated heterocycles. The van der Waals surface area contributed by atoms with Gasteiger partial charge in [0.15, 0.2) is 18.1 Å². The minimum absolute atomic E-state index is 0.102. The number of carbonyl (C=O) groups is 3. The maximum atomic E-state index is 17.2. The molecule has 0 heterocycles. The van der Waals surface area contributed by atoms with Crippen LogP contribution < -0.4 is 5.73 Å². The highest BCUT2D eigenvalue weighted by molar-refractivity contribution is 6.01. The number of fused-ring (bicyclic) bond motifs is 5. The van der Waals surface area contributed by atoms with Crippen molar-refractivity contribution in [3.05, 3.63) is 23.8 Å². The minimum Gasteiger partial charge on any atom is -0.458 e. The summed E-state index contributed by atoms with van der Waals surface area (Å²) in [7, 11) is 0. The number of halogens is 1. The van der Waals surface area contributed by atoms with Gasteiger partial charge in [0.25, 0.3) is 0 Å². The molecule has 3 fully saturated rings. The van der Waals surface area contributed by atoms with Crippen LogP contribution in [-0.2, 0) is 19.1 Å². The Morgan fingerprint density at radius 1 is 1.22 bits per heavy atom. The fourth-order valence-corrected chi connectivity index (χ4v) is 8.06. The van der Waals surface area contributed by atoms with E-state index < -0.39 is 58.4 Å². The zero-order valence-corrected chi connectivity index (χ0v) is 21.6. The van der Waals surface area contributed by atoms with Crippen molar-refractivity contribution in [1.82, 2.24) is 0 Å². The molecule has 0 unspecified atom stereocenters. The fraction of sp³-hybridized carbons (Fsp3) is 0.750. The average Bonchev–Trinajstić information content (AvgIpc) is 3.03. The summed E-state index contributed by atoms with van der Waals surface area (Å²) in [5, 5.41) is 23.3. The molecule has 4 aliphatic carbocycles. The molecule has 36 heavy (non-hydrogen) atoms. The third-order valence-electron chi connectivity index (χ3n) is 10.1. The lowest BCUT2D eigenvalue weighted by Crippen LogP contribution is -2.69. The topological polar surface area (TPSA) is 127 Å². The molecule has 0 aromatic heterocycles. The second kappa shape index (κ2) is 9.44. The molecule has 4 aliphatic rings. The van der Waals surface area contributed by atoms with Gasteiger partial charge >= 0.3 is 5.97 Å². The molecule has 4 N–H and O–H groups in total. The Hall–Kier alpha value is -1.90. The van der Waals surface area contributed by atoms with Crippen molar-refractivity contribution in [3.63, 3.8) is 0 Å². The highest BCUT2D eigenvalue weighted by atomic mass is 19.1. The molecular formula is C28H40FNO6. The number of ketones is 2. The first kappa shape index (κ1) is 27.1. The van der Waals surface area contributed by atoms with Gasteiger partial charge in [0.1, 0.15) is 5.60 Å². The minimum atomic E-state index is -2.03. The molecule has 200 valence electrons. The van der Waals surface area contributed by atoms with Crippen molar-refractivity contribution in [2.75, 3.05) is 13.2 Å². The Labute approximate surface area is 212 Å². The molecule has 0 bridgehead atoms. The lowest BCUT2D eigenvalue weighted by atomic mass is 9.44. The number of esters is 1. The van der Waals surface area contributed by atoms with Crippen LogP contribution in [0.3, 0.4) is 0 Å². The Morgan fingerprint density at radius 2 is 1.94 bits per heavy atom. The SMILES string of the molecule is C[C@H]1C[C@H]2[C@@H]3CCC4=CC(=O)C=C[C@]4(C)[C@@]3(F)[C@@H](O)C[C@]2(C)[C@@]1(O)C(=O)COC(=O)CCCCCN. The highest BCUT2D eigenvalue weighted by Crippen LogP contribution is 2.70. The number of unbranched alkanes of at least 4 members (excludes halogenated alkanes) is 2. The second-order valence-corrected chi connectivity index (χ2v) is 11.9. The Morgan fingerprint density at radius 3 is 2.64 bits per heavy atom. The maximum absolute atomic E-state index is 17.2. The lowest BCUT2D eigenvalue weighted by molar-refractivity contribution is -0.220. The van der Waals surface area contributed by atoms with Gasteiger partial charge in [0, 0.05) is 23.2 Å². The lowest BCUT2D eigenvalue weighted by Gasteiger charge is -2.62. The summed E-state index contributed by atoms with van der Waals surface area (Å²) in [5.74, 6) is -2.72. The van der Waals surface area contributed by atoms with Gasteiger partial charge in [-0.3, -0.25) is 14.4 Å². The van der Waals surface area contributed by atoms with E-state index >= 15 is 4.39 Å². The van der Waals surface area contributed by atoms with Crippen molar-refractivity contribution in [3.8, 4) is 0 Å². The van der Waals surface area contributed by atoms with E-state index in [0.29, 0.717) is 37.8 Å². The van der Waals surface area contributed by atoms with E-state index in [-0.39, 0.29) is 24.5 Å². The first-order chi connectivity index (χ1) is 16.9. The summed E-state index contributed by atoms with van der Waals surface area (Å²) >= 11 is 0. The molecule has 4 rings (SSSR count). The van der Waals surface area contributed by atoms with E-state index in [1.165, 1.54) is 12.2 Å². The Kier molecular flexibility index (Phi) is 7.12. The summed E-state index contributed by atoms with van der Waals surface area (Å²) in [5.41, 5.74) is 0.0637. The largest absolute Gasteiger partial charge is 0.458 e. The van der Waals surface area contributed by atoms with Crippen LogP contribution in [0.15, 0.2) is 23.8 Å². The van der Waals surface area contributed by atoms with Gasteiger partial charge in [-0.25, -0.2) is 4.39 Å². The van der Waals surface area contributed by atoms with Crippen LogP contribution in [0, 0.1) is 28.6 Å². The first-order valence-corrected chi connectivity index (χ1v) is 13.3. The summed E-state index contributed by atoms with van der Waals surface area (Å²) in [6, 6.07) is 0. The zero-order chi connectivity index (χ0) is 26.5. The first-order valence-electron chi connectivity index (χ1n) is 13.3. The number of hydrogen-bond donors (Lipinski definition) is 3. The van der Waals surface area contributed by atoms with Gasteiger partial charge in [-0.1, -0.05) is 31.9 Å². The Bertz CT molecular complexity index is 995. The fourth-order valence-electron chi connectivity index (χ4n) is 8.06. The van der Waals surface area contributed by atoms with Crippen LogP contribution in [0.5, 0.6) is 0 Å². The molecule has 0 aromatic carbocycles. The van der Waals surface area contributed by atoms with Crippen molar-refractivity contribution in [2.45, 2.75) is 89.5 Å². The van der Waals surface area contributed by atoms with E-state index in [1.54, 1.807) is 26.8 Å². The number of carbonyl (C=O) groups excluding carboxylic acids is 3. The van der Waals surface area contributed by atoms with Crippen LogP contribution in [0.25, 0.3) is 0 Å². The molecule has 0 radical (unpaired) electrons. The molecule has 8 heteroatoms. The number of ether oxygens (including phenoxy) is 1. The van der Waals surface area contributed by atoms with E-state index in [0.717, 1.165) is 12.8 Å². The molecule has 8 atom stereocenters. The molecule has 7 nitrogen and oxygen atoms in total. The van der Waals surface area contributed by atoms with Gasteiger partial charge in [-0.05, 0) is 76.0 Å². The highest BCUT2D eigenvalue weighted by Gasteiger charge is 2.75. The smallest absolute Gasteiger partial charge is 0.306 e. The van der Waals surface area contributed by atoms with E-state index in [4.69, 9.17) is 10.5 Å². The quantitative estimate of drug-likeness (QED) is 0.342. The van der Waals surface area contributed by atoms with E-state index in [9.17, 15) is 24.6 Å². The van der Waals surface area contributed by atoms with E-state index in [1.807, 2.05) is 0 Å². The Balaban J connectivity index is 1.56. The summed E-state index contributed by atoms with van der Waals surface area (Å²) < 4.78 is 22.4. The number of Topliss-reactive ketones (excluding diaryl/α,β-unsaturated/α-hetero) is 1. The van der Waals surface area contributed by atoms with Gasteiger partial charge in [-0.2, -0.15) is 0 Å². The van der Waals surface area contributed by atoms with Crippen molar-refractivity contribution in [1.29, 1.82) is 0 Å². The number of hydrogen-bond acceptors (Lipinski definition) is 7. The average molecular weight is 506 g/mol. The normalized spacial score (nSPS) is 43.3. The maximum Gasteiger partial charge on any atom is 0.306 e. The predicted molar refractivity (Wildman–Crippen MR) is 131 cm³/mol. The van der Waals surface area contributed by atoms with E-state index in [2.05, 4.69) is 0 Å². The standard InChI is InChI=1S/C28H40FNO6/c1-17-13-21-20-9-8-18-14-19(31)10-11-25(18,2)27(20,29)22(32)15-26(21,3)28(17,35)23(33)16-36-24(34)7-5-4-6-12-30/h10-11,14,17,20-22,32,35H,4-9,12-13,15-16,30H2,1-3H3/t17-,20-,21-,22-,25-,26-,27-,28-/m0/s1. The molecular weight excluding hydrogens is 465 g/mol. The van der Waals surface area contributed by atoms with Crippen molar-refractivity contribution < 1.29 is 33.7 Å². The van der Waals surface area contributed by atoms with Crippen LogP contribution in [0.1, 0.15) is 72.1 Å². The number of aliphatic hydroxyl groups is 2. The number of aliphatic hydroxyl groups excluding tert-OH is 1. The molecule has 0 aliphatic heterocycles. The van der Waals surface area contributed by atoms with Gasteiger partial charge in [-0.15, -0.1) is 0 Å². The number of nitrogens with two attached hydrogens (primary N) is 1. The van der Waals surface area contributed by atoms with Crippen molar-refractivity contribution in [2.24, 2.45) is 34.3 Å². The summed E-state index contributed by atoms with van der Waals surface area (Å²) in [6.07, 6.45) is 6.67. The van der Waals surface area contributed by atoms with Crippen LogP contribution in [-0.4, -0.2) is 58.3 Å². The van der Waals surface area contributed by atoms with Crippen molar-refractivity contribution >= 4 is 17.5 Å². The molecule has 0 aromatic rings. The van der Waals surface area contributed by atoms with Crippen LogP contribution >= 0.6 is 0 Å². The van der Waals surface area contributed by atoms with Crippen LogP contribution in [0.4, 0.5) is 4.39 Å². The number of allylic oxidation sites excluding steroid dienone is 4.